The smallest absolute Gasteiger partial charge is 0.167 e. The van der Waals surface area contributed by atoms with E-state index in [1.165, 1.54) is 0 Å². The lowest BCUT2D eigenvalue weighted by Crippen LogP contribution is -2.04. The van der Waals surface area contributed by atoms with Gasteiger partial charge in [0.1, 0.15) is 0 Å². The third kappa shape index (κ3) is 3.59. The van der Waals surface area contributed by atoms with Gasteiger partial charge in [0.2, 0.25) is 0 Å². The summed E-state index contributed by atoms with van der Waals surface area (Å²) in [5, 5.41) is 1.15. The Morgan fingerprint density at radius 2 is 1.84 bits per heavy atom. The molecule has 2 rings (SSSR count). The Kier molecular flexibility index (Phi) is 4.67. The highest BCUT2D eigenvalue weighted by Crippen LogP contribution is 2.25. The highest BCUT2D eigenvalue weighted by atomic mass is 79.9. The molecule has 19 heavy (non-hydrogen) atoms. The zero-order valence-corrected chi connectivity index (χ0v) is 13.3. The van der Waals surface area contributed by atoms with Crippen LogP contribution in [0.1, 0.15) is 21.5 Å². The molecule has 0 radical (unpaired) electrons. The molecule has 2 aromatic rings. The Morgan fingerprint density at radius 1 is 1.11 bits per heavy atom. The van der Waals surface area contributed by atoms with Crippen molar-refractivity contribution in [1.29, 1.82) is 0 Å². The van der Waals surface area contributed by atoms with Gasteiger partial charge in [-0.15, -0.1) is 0 Å². The summed E-state index contributed by atoms with van der Waals surface area (Å²) in [6.45, 7) is 1.96. The third-order valence-electron chi connectivity index (χ3n) is 2.80. The molecule has 0 fully saturated rings. The SMILES string of the molecule is Cc1ccc(CC(=O)c2ccc(Br)c(Cl)c2)c(Cl)c1. The van der Waals surface area contributed by atoms with E-state index >= 15 is 0 Å². The summed E-state index contributed by atoms with van der Waals surface area (Å²) in [6.07, 6.45) is 0.275. The van der Waals surface area contributed by atoms with Gasteiger partial charge in [-0.1, -0.05) is 41.4 Å². The number of Topliss-reactive ketones (excluding diaryl/α,β-unsaturated/α-hetero) is 1. The first-order valence-corrected chi connectivity index (χ1v) is 7.25. The maximum atomic E-state index is 12.2. The topological polar surface area (TPSA) is 17.1 Å². The van der Waals surface area contributed by atoms with Gasteiger partial charge in [-0.3, -0.25) is 4.79 Å². The lowest BCUT2D eigenvalue weighted by atomic mass is 10.0. The molecule has 0 aliphatic carbocycles. The molecule has 2 aromatic carbocycles. The Bertz CT molecular complexity index is 638. The fourth-order valence-corrected chi connectivity index (χ4v) is 2.47. The van der Waals surface area contributed by atoms with Crippen molar-refractivity contribution in [2.45, 2.75) is 13.3 Å². The third-order valence-corrected chi connectivity index (χ3v) is 4.39. The van der Waals surface area contributed by atoms with Crippen LogP contribution in [0.3, 0.4) is 0 Å². The molecule has 0 unspecified atom stereocenters. The van der Waals surface area contributed by atoms with Crippen molar-refractivity contribution in [3.05, 3.63) is 67.6 Å². The van der Waals surface area contributed by atoms with E-state index in [0.717, 1.165) is 15.6 Å². The molecule has 0 aliphatic rings. The van der Waals surface area contributed by atoms with Crippen LogP contribution < -0.4 is 0 Å². The second kappa shape index (κ2) is 6.08. The van der Waals surface area contributed by atoms with Crippen molar-refractivity contribution >= 4 is 44.9 Å². The van der Waals surface area contributed by atoms with E-state index in [4.69, 9.17) is 23.2 Å². The van der Waals surface area contributed by atoms with Gasteiger partial charge in [0, 0.05) is 21.5 Å². The molecule has 0 N–H and O–H groups in total. The van der Waals surface area contributed by atoms with Gasteiger partial charge in [-0.2, -0.15) is 0 Å². The van der Waals surface area contributed by atoms with Gasteiger partial charge in [0.05, 0.1) is 5.02 Å². The van der Waals surface area contributed by atoms with E-state index in [9.17, 15) is 4.79 Å². The van der Waals surface area contributed by atoms with Gasteiger partial charge < -0.3 is 0 Å². The van der Waals surface area contributed by atoms with Crippen LogP contribution in [0.15, 0.2) is 40.9 Å². The minimum Gasteiger partial charge on any atom is -0.294 e. The zero-order valence-electron chi connectivity index (χ0n) is 10.2. The first-order chi connectivity index (χ1) is 8.97. The van der Waals surface area contributed by atoms with Crippen LogP contribution in [-0.2, 0) is 6.42 Å². The number of hydrogen-bond donors (Lipinski definition) is 0. The number of ketones is 1. The van der Waals surface area contributed by atoms with Crippen LogP contribution in [0.4, 0.5) is 0 Å². The summed E-state index contributed by atoms with van der Waals surface area (Å²) in [7, 11) is 0. The quantitative estimate of drug-likeness (QED) is 0.664. The fraction of sp³-hybridized carbons (Fsp3) is 0.133. The molecule has 0 aromatic heterocycles. The highest BCUT2D eigenvalue weighted by Gasteiger charge is 2.11. The Morgan fingerprint density at radius 3 is 2.47 bits per heavy atom. The lowest BCUT2D eigenvalue weighted by molar-refractivity contribution is 0.0993. The summed E-state index contributed by atoms with van der Waals surface area (Å²) in [5.74, 6) is 0.000142. The molecule has 0 spiro atoms. The normalized spacial score (nSPS) is 10.5. The van der Waals surface area contributed by atoms with Crippen LogP contribution in [-0.4, -0.2) is 5.78 Å². The van der Waals surface area contributed by atoms with E-state index in [-0.39, 0.29) is 12.2 Å². The van der Waals surface area contributed by atoms with Gasteiger partial charge >= 0.3 is 0 Å². The van der Waals surface area contributed by atoms with Crippen molar-refractivity contribution in [3.63, 3.8) is 0 Å². The Hall–Kier alpha value is -0.830. The second-order valence-corrected chi connectivity index (χ2v) is 5.99. The predicted molar refractivity (Wildman–Crippen MR) is 83.4 cm³/mol. The fourth-order valence-electron chi connectivity index (χ4n) is 1.74. The van der Waals surface area contributed by atoms with E-state index in [1.54, 1.807) is 18.2 Å². The molecule has 0 saturated carbocycles. The summed E-state index contributed by atoms with van der Waals surface area (Å²) in [6, 6.07) is 10.9. The molecule has 0 aliphatic heterocycles. The van der Waals surface area contributed by atoms with E-state index in [0.29, 0.717) is 15.6 Å². The predicted octanol–water partition coefficient (Wildman–Crippen LogP) is 5.49. The summed E-state index contributed by atoms with van der Waals surface area (Å²) < 4.78 is 0.777. The van der Waals surface area contributed by atoms with E-state index in [1.807, 2.05) is 25.1 Å². The molecule has 4 heteroatoms. The molecular weight excluding hydrogens is 347 g/mol. The summed E-state index contributed by atoms with van der Waals surface area (Å²) in [4.78, 5) is 12.2. The van der Waals surface area contributed by atoms with Crippen LogP contribution in [0.5, 0.6) is 0 Å². The number of halogens is 3. The number of carbonyl (C=O) groups is 1. The van der Waals surface area contributed by atoms with Crippen LogP contribution in [0.2, 0.25) is 10.0 Å². The number of aryl methyl sites for hydroxylation is 1. The monoisotopic (exact) mass is 356 g/mol. The molecule has 0 saturated heterocycles. The molecule has 0 bridgehead atoms. The van der Waals surface area contributed by atoms with Gasteiger partial charge in [0.25, 0.3) is 0 Å². The maximum absolute atomic E-state index is 12.2. The van der Waals surface area contributed by atoms with Crippen molar-refractivity contribution < 1.29 is 4.79 Å². The molecule has 0 amide bonds. The average molecular weight is 358 g/mol. The first kappa shape index (κ1) is 14.6. The molecular formula is C15H11BrCl2O. The van der Waals surface area contributed by atoms with Crippen LogP contribution in [0, 0.1) is 6.92 Å². The van der Waals surface area contributed by atoms with E-state index in [2.05, 4.69) is 15.9 Å². The van der Waals surface area contributed by atoms with Gasteiger partial charge in [-0.05, 0) is 52.2 Å². The number of benzene rings is 2. The van der Waals surface area contributed by atoms with Crippen molar-refractivity contribution in [2.24, 2.45) is 0 Å². The molecule has 0 atom stereocenters. The minimum atomic E-state index is 0.000142. The van der Waals surface area contributed by atoms with Crippen molar-refractivity contribution in [1.82, 2.24) is 0 Å². The minimum absolute atomic E-state index is 0.000142. The number of carbonyl (C=O) groups excluding carboxylic acids is 1. The van der Waals surface area contributed by atoms with Crippen molar-refractivity contribution in [2.75, 3.05) is 0 Å². The highest BCUT2D eigenvalue weighted by molar-refractivity contribution is 9.10. The first-order valence-electron chi connectivity index (χ1n) is 5.70. The lowest BCUT2D eigenvalue weighted by Gasteiger charge is -2.06. The molecule has 0 heterocycles. The van der Waals surface area contributed by atoms with Gasteiger partial charge in [-0.25, -0.2) is 0 Å². The van der Waals surface area contributed by atoms with Crippen LogP contribution >= 0.6 is 39.1 Å². The Labute approximate surface area is 130 Å². The second-order valence-electron chi connectivity index (χ2n) is 4.32. The number of hydrogen-bond acceptors (Lipinski definition) is 1. The van der Waals surface area contributed by atoms with E-state index < -0.39 is 0 Å². The van der Waals surface area contributed by atoms with Crippen molar-refractivity contribution in [3.8, 4) is 0 Å². The summed E-state index contributed by atoms with van der Waals surface area (Å²) >= 11 is 15.4. The zero-order chi connectivity index (χ0) is 14.0. The number of rotatable bonds is 3. The van der Waals surface area contributed by atoms with Crippen LogP contribution in [0.25, 0.3) is 0 Å². The average Bonchev–Trinajstić information content (AvgIpc) is 2.36. The largest absolute Gasteiger partial charge is 0.294 e. The standard InChI is InChI=1S/C15H11BrCl2O/c1-9-2-3-10(13(17)6-9)8-15(19)11-4-5-12(16)14(18)7-11/h2-7H,8H2,1H3. The molecule has 1 nitrogen and oxygen atoms in total. The Balaban J connectivity index is 2.23. The summed E-state index contributed by atoms with van der Waals surface area (Å²) in [5.41, 5.74) is 2.49. The maximum Gasteiger partial charge on any atom is 0.167 e. The molecule has 98 valence electrons. The van der Waals surface area contributed by atoms with Gasteiger partial charge in [0.15, 0.2) is 5.78 Å².